The number of aliphatic hydroxyl groups is 1. The van der Waals surface area contributed by atoms with Crippen molar-refractivity contribution in [2.45, 2.75) is 89.7 Å². The molecule has 2 N–H and O–H groups in total. The van der Waals surface area contributed by atoms with Crippen LogP contribution in [0.2, 0.25) is 0 Å². The first-order chi connectivity index (χ1) is 13.6. The highest BCUT2D eigenvalue weighted by Gasteiger charge is 2.39. The number of hydrogen-bond acceptors (Lipinski definition) is 5. The summed E-state index contributed by atoms with van der Waals surface area (Å²) in [7, 11) is 0. The van der Waals surface area contributed by atoms with E-state index in [0.29, 0.717) is 24.2 Å². The topological polar surface area (TPSA) is 97.9 Å². The maximum Gasteiger partial charge on any atom is 0.291 e. The lowest BCUT2D eigenvalue weighted by Crippen LogP contribution is -2.54. The second-order valence-corrected chi connectivity index (χ2v) is 9.15. The Balaban J connectivity index is 1.63. The first kappa shape index (κ1) is 20.1. The van der Waals surface area contributed by atoms with Crippen LogP contribution < -0.4 is 10.9 Å². The second-order valence-electron chi connectivity index (χ2n) is 9.15. The van der Waals surface area contributed by atoms with Gasteiger partial charge in [-0.05, 0) is 57.1 Å². The molecule has 1 unspecified atom stereocenters. The smallest absolute Gasteiger partial charge is 0.291 e. The molecule has 0 aromatic carbocycles. The average Bonchev–Trinajstić information content (AvgIpc) is 3.29. The Morgan fingerprint density at radius 1 is 1.38 bits per heavy atom. The third-order valence-electron chi connectivity index (χ3n) is 5.75. The molecule has 0 saturated heterocycles. The van der Waals surface area contributed by atoms with E-state index >= 15 is 0 Å². The van der Waals surface area contributed by atoms with Gasteiger partial charge in [-0.1, -0.05) is 13.8 Å². The van der Waals surface area contributed by atoms with E-state index in [1.54, 1.807) is 6.92 Å². The average molecular weight is 402 g/mol. The summed E-state index contributed by atoms with van der Waals surface area (Å²) in [5.41, 5.74) is 0.537. The molecular weight excluding hydrogens is 372 g/mol. The lowest BCUT2D eigenvalue weighted by molar-refractivity contribution is -0.125. The Morgan fingerprint density at radius 2 is 2.07 bits per heavy atom. The number of aromatic nitrogens is 3. The van der Waals surface area contributed by atoms with E-state index in [1.807, 2.05) is 23.6 Å². The number of nitrogens with zero attached hydrogens (tertiary/aromatic N) is 3. The van der Waals surface area contributed by atoms with Crippen LogP contribution in [-0.2, 0) is 16.1 Å². The van der Waals surface area contributed by atoms with Crippen LogP contribution in [-0.4, -0.2) is 42.9 Å². The number of fused-ring (bicyclic) bond motifs is 1. The zero-order valence-electron chi connectivity index (χ0n) is 17.5. The van der Waals surface area contributed by atoms with Crippen LogP contribution in [0.1, 0.15) is 76.8 Å². The number of rotatable bonds is 7. The molecule has 2 aliphatic rings. The first-order valence-electron chi connectivity index (χ1n) is 10.4. The summed E-state index contributed by atoms with van der Waals surface area (Å²) in [6.45, 7) is 7.68. The summed E-state index contributed by atoms with van der Waals surface area (Å²) in [5.74, 6) is 0.615. The van der Waals surface area contributed by atoms with Gasteiger partial charge in [-0.15, -0.1) is 0 Å². The van der Waals surface area contributed by atoms with Crippen LogP contribution in [0.3, 0.4) is 0 Å². The maximum absolute atomic E-state index is 13.0. The van der Waals surface area contributed by atoms with Crippen molar-refractivity contribution in [2.75, 3.05) is 0 Å². The van der Waals surface area contributed by atoms with Crippen molar-refractivity contribution in [3.05, 3.63) is 34.0 Å². The van der Waals surface area contributed by atoms with Crippen molar-refractivity contribution in [3.8, 4) is 0 Å². The third kappa shape index (κ3) is 4.23. The molecule has 0 aliphatic heterocycles. The van der Waals surface area contributed by atoms with E-state index in [-0.39, 0.29) is 42.2 Å². The Bertz CT molecular complexity index is 978. The largest absolute Gasteiger partial charge is 0.390 e. The van der Waals surface area contributed by atoms with Gasteiger partial charge in [-0.2, -0.15) is 5.10 Å². The molecular formula is C21H30N4O4. The Hall–Kier alpha value is -2.19. The summed E-state index contributed by atoms with van der Waals surface area (Å²) in [6, 6.07) is 1.81. The van der Waals surface area contributed by atoms with Crippen molar-refractivity contribution < 1.29 is 14.6 Å². The van der Waals surface area contributed by atoms with Crippen molar-refractivity contribution in [3.63, 3.8) is 0 Å². The number of carbonyl (C=O) groups is 1. The first-order valence-corrected chi connectivity index (χ1v) is 10.4. The highest BCUT2D eigenvalue weighted by molar-refractivity contribution is 5.76. The van der Waals surface area contributed by atoms with Gasteiger partial charge in [0.25, 0.3) is 5.56 Å². The molecule has 2 fully saturated rings. The van der Waals surface area contributed by atoms with Gasteiger partial charge in [0.1, 0.15) is 18.2 Å². The number of ether oxygens (including phenoxy) is 1. The van der Waals surface area contributed by atoms with E-state index < -0.39 is 5.60 Å². The van der Waals surface area contributed by atoms with Gasteiger partial charge in [0.2, 0.25) is 5.91 Å². The van der Waals surface area contributed by atoms with E-state index in [4.69, 9.17) is 4.74 Å². The van der Waals surface area contributed by atoms with Gasteiger partial charge in [0.05, 0.1) is 11.7 Å². The van der Waals surface area contributed by atoms with Crippen molar-refractivity contribution in [1.29, 1.82) is 0 Å². The van der Waals surface area contributed by atoms with Crippen LogP contribution in [0.15, 0.2) is 17.1 Å². The number of carbonyl (C=O) groups excluding carboxylic acids is 1. The van der Waals surface area contributed by atoms with Gasteiger partial charge < -0.3 is 15.2 Å². The third-order valence-corrected chi connectivity index (χ3v) is 5.75. The lowest BCUT2D eigenvalue weighted by Gasteiger charge is -2.41. The number of nitrogens with one attached hydrogen (secondary N) is 1. The van der Waals surface area contributed by atoms with Crippen LogP contribution in [0, 0.1) is 0 Å². The molecule has 2 aromatic rings. The van der Waals surface area contributed by atoms with Crippen LogP contribution in [0.25, 0.3) is 5.52 Å². The second kappa shape index (κ2) is 7.25. The van der Waals surface area contributed by atoms with Gasteiger partial charge in [-0.25, -0.2) is 4.68 Å². The molecule has 2 aromatic heterocycles. The van der Waals surface area contributed by atoms with E-state index in [1.165, 1.54) is 4.68 Å². The quantitative estimate of drug-likeness (QED) is 0.737. The monoisotopic (exact) mass is 402 g/mol. The predicted molar refractivity (Wildman–Crippen MR) is 108 cm³/mol. The van der Waals surface area contributed by atoms with Gasteiger partial charge >= 0.3 is 0 Å². The molecule has 0 bridgehead atoms. The molecule has 2 saturated carbocycles. The molecule has 1 atom stereocenters. The summed E-state index contributed by atoms with van der Waals surface area (Å²) >= 11 is 0. The molecule has 1 amide bonds. The highest BCUT2D eigenvalue weighted by Crippen LogP contribution is 2.32. The summed E-state index contributed by atoms with van der Waals surface area (Å²) in [4.78, 5) is 25.5. The van der Waals surface area contributed by atoms with Gasteiger partial charge in [0, 0.05) is 12.2 Å². The zero-order valence-corrected chi connectivity index (χ0v) is 17.5. The van der Waals surface area contributed by atoms with Crippen molar-refractivity contribution >= 4 is 11.4 Å². The summed E-state index contributed by atoms with van der Waals surface area (Å²) in [6.07, 6.45) is 5.04. The standard InChI is InChI=1S/C21H30N4O4/c1-12(2)14-7-17-20(27)25(11-18(26)22-15-8-21(4,28)9-15)23-19(24(17)10-14)13(3)29-16-5-6-16/h7,10,12-13,15-16,28H,5-6,8-9,11H2,1-4H3,(H,22,26)/t13?,15-,21+. The molecule has 8 nitrogen and oxygen atoms in total. The maximum atomic E-state index is 13.0. The minimum atomic E-state index is -0.714. The van der Waals surface area contributed by atoms with E-state index in [9.17, 15) is 14.7 Å². The Labute approximate surface area is 169 Å². The molecule has 0 spiro atoms. The molecule has 0 radical (unpaired) electrons. The summed E-state index contributed by atoms with van der Waals surface area (Å²) < 4.78 is 9.05. The minimum Gasteiger partial charge on any atom is -0.390 e. The molecule has 2 aliphatic carbocycles. The van der Waals surface area contributed by atoms with Crippen LogP contribution in [0.4, 0.5) is 0 Å². The van der Waals surface area contributed by atoms with Crippen LogP contribution >= 0.6 is 0 Å². The molecule has 8 heteroatoms. The summed E-state index contributed by atoms with van der Waals surface area (Å²) in [5, 5.41) is 17.2. The molecule has 29 heavy (non-hydrogen) atoms. The number of hydrogen-bond donors (Lipinski definition) is 2. The van der Waals surface area contributed by atoms with Gasteiger partial charge in [-0.3, -0.25) is 14.0 Å². The van der Waals surface area contributed by atoms with Crippen LogP contribution in [0.5, 0.6) is 0 Å². The van der Waals surface area contributed by atoms with E-state index in [2.05, 4.69) is 24.3 Å². The van der Waals surface area contributed by atoms with Crippen molar-refractivity contribution in [2.24, 2.45) is 0 Å². The highest BCUT2D eigenvalue weighted by atomic mass is 16.5. The number of amides is 1. The molecule has 4 rings (SSSR count). The van der Waals surface area contributed by atoms with E-state index in [0.717, 1.165) is 18.4 Å². The van der Waals surface area contributed by atoms with Gasteiger partial charge in [0.15, 0.2) is 5.82 Å². The fourth-order valence-corrected chi connectivity index (χ4v) is 3.95. The predicted octanol–water partition coefficient (Wildman–Crippen LogP) is 1.89. The fourth-order valence-electron chi connectivity index (χ4n) is 3.95. The molecule has 158 valence electrons. The Kier molecular flexibility index (Phi) is 5.02. The Morgan fingerprint density at radius 3 is 2.66 bits per heavy atom. The van der Waals surface area contributed by atoms with Crippen molar-refractivity contribution in [1.82, 2.24) is 19.5 Å². The molecule has 2 heterocycles. The minimum absolute atomic E-state index is 0.0608. The SMILES string of the molecule is CC(C)c1cc2c(=O)n(CC(=O)N[C@H]3C[C@@](C)(O)C3)nc(C(C)OC3CC3)n2c1. The fraction of sp³-hybridized carbons (Fsp3) is 0.667. The zero-order chi connectivity index (χ0) is 20.9. The lowest BCUT2D eigenvalue weighted by atomic mass is 9.77. The normalized spacial score (nSPS) is 25.2.